The Morgan fingerprint density at radius 2 is 1.89 bits per heavy atom. The molecule has 0 fully saturated rings. The average Bonchev–Trinajstić information content (AvgIpc) is 3.10. The van der Waals surface area contributed by atoms with Crippen LogP contribution in [0.2, 0.25) is 0 Å². The van der Waals surface area contributed by atoms with Gasteiger partial charge < -0.3 is 0 Å². The number of hydrogen-bond donors (Lipinski definition) is 1. The van der Waals surface area contributed by atoms with Gasteiger partial charge in [-0.25, -0.2) is 4.98 Å². The van der Waals surface area contributed by atoms with Crippen LogP contribution < -0.4 is 5.32 Å². The Morgan fingerprint density at radius 1 is 1.19 bits per heavy atom. The highest BCUT2D eigenvalue weighted by molar-refractivity contribution is 7.16. The molecule has 0 aliphatic heterocycles. The first-order valence-corrected chi connectivity index (χ1v) is 9.17. The fourth-order valence-corrected chi connectivity index (χ4v) is 3.42. The van der Waals surface area contributed by atoms with Crippen LogP contribution in [0.3, 0.4) is 0 Å². The summed E-state index contributed by atoms with van der Waals surface area (Å²) in [5.41, 5.74) is 2.62. The number of rotatable bonds is 6. The fraction of sp³-hybridized carbons (Fsp3) is 0.100. The molecule has 3 aromatic rings. The highest BCUT2D eigenvalue weighted by Crippen LogP contribution is 2.31. The van der Waals surface area contributed by atoms with E-state index < -0.39 is 4.92 Å². The lowest BCUT2D eigenvalue weighted by molar-refractivity contribution is -0.384. The number of aryl methyl sites for hydroxylation is 1. The minimum absolute atomic E-state index is 0.0138. The van der Waals surface area contributed by atoms with Crippen LogP contribution in [-0.2, 0) is 11.2 Å². The van der Waals surface area contributed by atoms with E-state index in [9.17, 15) is 14.9 Å². The number of benzene rings is 2. The van der Waals surface area contributed by atoms with Gasteiger partial charge in [0.1, 0.15) is 0 Å². The molecule has 27 heavy (non-hydrogen) atoms. The number of nitrogens with one attached hydrogen (secondary N) is 1. The molecule has 1 amide bonds. The summed E-state index contributed by atoms with van der Waals surface area (Å²) in [6, 6.07) is 15.8. The molecular formula is C20H17N3O3S. The van der Waals surface area contributed by atoms with Crippen molar-refractivity contribution in [2.24, 2.45) is 0 Å². The van der Waals surface area contributed by atoms with Crippen molar-refractivity contribution in [2.75, 3.05) is 5.32 Å². The van der Waals surface area contributed by atoms with E-state index in [0.29, 0.717) is 10.7 Å². The maximum Gasteiger partial charge on any atom is 0.269 e. The van der Waals surface area contributed by atoms with Crippen LogP contribution in [0.4, 0.5) is 10.8 Å². The van der Waals surface area contributed by atoms with E-state index in [0.717, 1.165) is 22.6 Å². The van der Waals surface area contributed by atoms with Gasteiger partial charge in [0.25, 0.3) is 5.69 Å². The van der Waals surface area contributed by atoms with E-state index in [1.807, 2.05) is 30.3 Å². The lowest BCUT2D eigenvalue weighted by Gasteiger charge is -1.98. The summed E-state index contributed by atoms with van der Waals surface area (Å²) in [5, 5.41) is 14.0. The molecule has 1 aromatic heterocycles. The van der Waals surface area contributed by atoms with Crippen LogP contribution in [0.15, 0.2) is 60.7 Å². The topological polar surface area (TPSA) is 85.1 Å². The van der Waals surface area contributed by atoms with Crippen molar-refractivity contribution in [2.45, 2.75) is 13.3 Å². The van der Waals surface area contributed by atoms with Crippen molar-refractivity contribution in [3.8, 4) is 11.3 Å². The third-order valence-corrected chi connectivity index (χ3v) is 4.94. The molecule has 0 aliphatic rings. The maximum absolute atomic E-state index is 12.2. The van der Waals surface area contributed by atoms with E-state index in [4.69, 9.17) is 0 Å². The van der Waals surface area contributed by atoms with Crippen LogP contribution in [-0.4, -0.2) is 15.8 Å². The molecule has 2 aromatic carbocycles. The number of hydrogen-bond acceptors (Lipinski definition) is 5. The smallest absolute Gasteiger partial charge is 0.269 e. The summed E-state index contributed by atoms with van der Waals surface area (Å²) in [7, 11) is 0. The zero-order chi connectivity index (χ0) is 19.2. The van der Waals surface area contributed by atoms with Gasteiger partial charge in [0, 0.05) is 28.6 Å². The first-order valence-electron chi connectivity index (χ1n) is 8.35. The quantitative estimate of drug-likeness (QED) is 0.374. The van der Waals surface area contributed by atoms with Crippen molar-refractivity contribution in [1.29, 1.82) is 0 Å². The number of anilines is 1. The molecule has 136 valence electrons. The Labute approximate surface area is 160 Å². The highest BCUT2D eigenvalue weighted by Gasteiger charge is 2.12. The Bertz CT molecular complexity index is 979. The van der Waals surface area contributed by atoms with Crippen molar-refractivity contribution >= 4 is 34.1 Å². The fourth-order valence-electron chi connectivity index (χ4n) is 2.49. The zero-order valence-electron chi connectivity index (χ0n) is 14.6. The number of nitro benzene ring substituents is 1. The van der Waals surface area contributed by atoms with Crippen LogP contribution in [0, 0.1) is 10.1 Å². The van der Waals surface area contributed by atoms with Gasteiger partial charge in [0.2, 0.25) is 5.91 Å². The number of carbonyl (C=O) groups excluding carboxylic acids is 1. The van der Waals surface area contributed by atoms with Gasteiger partial charge in [-0.2, -0.15) is 0 Å². The standard InChI is InChI=1S/C20H17N3O3S/c1-2-17-19(15-6-4-3-5-7-15)22-20(27-17)21-18(24)13-10-14-8-11-16(12-9-14)23(25)26/h3-13H,2H2,1H3,(H,21,22,24)/b13-10+. The second kappa shape index (κ2) is 8.37. The van der Waals surface area contributed by atoms with E-state index in [2.05, 4.69) is 17.2 Å². The molecule has 0 unspecified atom stereocenters. The summed E-state index contributed by atoms with van der Waals surface area (Å²) in [6.45, 7) is 2.06. The molecule has 0 radical (unpaired) electrons. The lowest BCUT2D eigenvalue weighted by Crippen LogP contribution is -2.07. The SMILES string of the molecule is CCc1sc(NC(=O)/C=C/c2ccc([N+](=O)[O-])cc2)nc1-c1ccccc1. The van der Waals surface area contributed by atoms with Gasteiger partial charge in [0.05, 0.1) is 10.6 Å². The van der Waals surface area contributed by atoms with E-state index in [-0.39, 0.29) is 11.6 Å². The molecule has 0 spiro atoms. The molecule has 3 rings (SSSR count). The summed E-state index contributed by atoms with van der Waals surface area (Å²) >= 11 is 1.46. The van der Waals surface area contributed by atoms with Gasteiger partial charge in [-0.15, -0.1) is 11.3 Å². The van der Waals surface area contributed by atoms with Crippen molar-refractivity contribution < 1.29 is 9.72 Å². The third kappa shape index (κ3) is 4.65. The lowest BCUT2D eigenvalue weighted by atomic mass is 10.1. The number of nitro groups is 1. The van der Waals surface area contributed by atoms with E-state index in [1.165, 1.54) is 29.5 Å². The molecule has 0 saturated heterocycles. The Morgan fingerprint density at radius 3 is 2.52 bits per heavy atom. The Kier molecular flexibility index (Phi) is 5.73. The normalized spacial score (nSPS) is 10.9. The second-order valence-electron chi connectivity index (χ2n) is 5.68. The Hall–Kier alpha value is -3.32. The number of aromatic nitrogens is 1. The summed E-state index contributed by atoms with van der Waals surface area (Å²) in [6.07, 6.45) is 3.82. The number of nitrogens with zero attached hydrogens (tertiary/aromatic N) is 2. The summed E-state index contributed by atoms with van der Waals surface area (Å²) in [4.78, 5) is 28.0. The first kappa shape index (κ1) is 18.5. The largest absolute Gasteiger partial charge is 0.298 e. The van der Waals surface area contributed by atoms with Gasteiger partial charge >= 0.3 is 0 Å². The first-order chi connectivity index (χ1) is 13.1. The highest BCUT2D eigenvalue weighted by atomic mass is 32.1. The van der Waals surface area contributed by atoms with Gasteiger partial charge in [-0.1, -0.05) is 37.3 Å². The van der Waals surface area contributed by atoms with E-state index in [1.54, 1.807) is 18.2 Å². The molecule has 0 aliphatic carbocycles. The Balaban J connectivity index is 1.70. The second-order valence-corrected chi connectivity index (χ2v) is 6.77. The van der Waals surface area contributed by atoms with Gasteiger partial charge in [-0.3, -0.25) is 20.2 Å². The third-order valence-electron chi connectivity index (χ3n) is 3.83. The molecule has 1 N–H and O–H groups in total. The van der Waals surface area contributed by atoms with Crippen LogP contribution >= 0.6 is 11.3 Å². The molecule has 7 heteroatoms. The molecule has 1 heterocycles. The monoisotopic (exact) mass is 379 g/mol. The van der Waals surface area contributed by atoms with Crippen molar-refractivity contribution in [3.63, 3.8) is 0 Å². The number of amides is 1. The maximum atomic E-state index is 12.2. The van der Waals surface area contributed by atoms with Crippen molar-refractivity contribution in [3.05, 3.63) is 81.2 Å². The predicted octanol–water partition coefficient (Wildman–Crippen LogP) is 4.93. The van der Waals surface area contributed by atoms with Gasteiger partial charge in [-0.05, 0) is 30.2 Å². The molecule has 0 atom stereocenters. The minimum Gasteiger partial charge on any atom is -0.298 e. The number of thiazole rings is 1. The van der Waals surface area contributed by atoms with Crippen molar-refractivity contribution in [1.82, 2.24) is 4.98 Å². The number of non-ortho nitro benzene ring substituents is 1. The van der Waals surface area contributed by atoms with Crippen LogP contribution in [0.1, 0.15) is 17.4 Å². The van der Waals surface area contributed by atoms with Crippen LogP contribution in [0.5, 0.6) is 0 Å². The summed E-state index contributed by atoms with van der Waals surface area (Å²) < 4.78 is 0. The molecule has 0 bridgehead atoms. The minimum atomic E-state index is -0.460. The predicted molar refractivity (Wildman–Crippen MR) is 108 cm³/mol. The molecule has 6 nitrogen and oxygen atoms in total. The van der Waals surface area contributed by atoms with Gasteiger partial charge in [0.15, 0.2) is 5.13 Å². The number of carbonyl (C=O) groups is 1. The molecular weight excluding hydrogens is 362 g/mol. The zero-order valence-corrected chi connectivity index (χ0v) is 15.4. The van der Waals surface area contributed by atoms with E-state index >= 15 is 0 Å². The van der Waals surface area contributed by atoms with Crippen LogP contribution in [0.25, 0.3) is 17.3 Å². The molecule has 0 saturated carbocycles. The summed E-state index contributed by atoms with van der Waals surface area (Å²) in [5.74, 6) is -0.302. The average molecular weight is 379 g/mol.